The van der Waals surface area contributed by atoms with Crippen molar-refractivity contribution >= 4 is 5.65 Å². The fraction of sp³-hybridized carbons (Fsp3) is 0.278. The molecule has 0 bridgehead atoms. The van der Waals surface area contributed by atoms with Gasteiger partial charge in [0.15, 0.2) is 0 Å². The molecule has 1 aliphatic carbocycles. The van der Waals surface area contributed by atoms with Crippen LogP contribution >= 0.6 is 0 Å². The Hall–Kier alpha value is -1.36. The quantitative estimate of drug-likeness (QED) is 0.572. The molecule has 0 spiro atoms. The van der Waals surface area contributed by atoms with Gasteiger partial charge in [-0.15, -0.1) is 0 Å². The number of fused-ring (bicyclic) bond motifs is 2. The fourth-order valence-corrected chi connectivity index (χ4v) is 3.18. The van der Waals surface area contributed by atoms with Gasteiger partial charge < -0.3 is 28.4 Å². The van der Waals surface area contributed by atoms with Crippen molar-refractivity contribution in [3.8, 4) is 11.3 Å². The minimum Gasteiger partial charge on any atom is -1.00 e. The number of hydrogen-bond acceptors (Lipinski definition) is 1. The Morgan fingerprint density at radius 3 is 2.62 bits per heavy atom. The van der Waals surface area contributed by atoms with E-state index < -0.39 is 0 Å². The molecule has 0 fully saturated rings. The van der Waals surface area contributed by atoms with Crippen LogP contribution in [0.25, 0.3) is 16.9 Å². The molecule has 2 nitrogen and oxygen atoms in total. The predicted molar refractivity (Wildman–Crippen MR) is 82.0 cm³/mol. The number of aryl methyl sites for hydroxylation is 3. The van der Waals surface area contributed by atoms with Crippen LogP contribution in [0.1, 0.15) is 29.7 Å². The van der Waals surface area contributed by atoms with Gasteiger partial charge in [0.25, 0.3) is 0 Å². The Morgan fingerprint density at radius 2 is 1.81 bits per heavy atom. The number of imidazole rings is 1. The second-order valence-electron chi connectivity index (χ2n) is 5.71. The molecular weight excluding hydrogens is 371 g/mol. The second kappa shape index (κ2) is 5.79. The van der Waals surface area contributed by atoms with Crippen LogP contribution in [0.15, 0.2) is 42.6 Å². The van der Waals surface area contributed by atoms with Crippen molar-refractivity contribution in [2.24, 2.45) is 0 Å². The smallest absolute Gasteiger partial charge is 0.137 e. The number of hydrogen-bond donors (Lipinski definition) is 0. The summed E-state index contributed by atoms with van der Waals surface area (Å²) in [6.45, 7) is 2.12. The lowest BCUT2D eigenvalue weighted by molar-refractivity contribution is -0.00000417. The normalized spacial score (nSPS) is 13.8. The Labute approximate surface area is 142 Å². The minimum absolute atomic E-state index is 0. The molecular formula is C18H18IN2-. The van der Waals surface area contributed by atoms with Gasteiger partial charge in [0, 0.05) is 17.5 Å². The maximum absolute atomic E-state index is 4.76. The SMILES string of the molecule is Cc1cccc2nc(-c3ccc4c(c3)CCCC4)cn12.[I-]. The number of rotatable bonds is 1. The predicted octanol–water partition coefficient (Wildman–Crippen LogP) is 1.19. The molecule has 21 heavy (non-hydrogen) atoms. The third kappa shape index (κ3) is 2.59. The summed E-state index contributed by atoms with van der Waals surface area (Å²) in [5, 5.41) is 0. The number of benzene rings is 1. The molecule has 3 heteroatoms. The highest BCUT2D eigenvalue weighted by molar-refractivity contribution is 5.64. The van der Waals surface area contributed by atoms with Gasteiger partial charge in [0.2, 0.25) is 0 Å². The van der Waals surface area contributed by atoms with E-state index in [-0.39, 0.29) is 24.0 Å². The van der Waals surface area contributed by atoms with E-state index in [0.717, 1.165) is 11.3 Å². The highest BCUT2D eigenvalue weighted by Gasteiger charge is 2.12. The van der Waals surface area contributed by atoms with Gasteiger partial charge in [-0.1, -0.05) is 18.2 Å². The zero-order chi connectivity index (χ0) is 13.5. The summed E-state index contributed by atoms with van der Waals surface area (Å²) >= 11 is 0. The summed E-state index contributed by atoms with van der Waals surface area (Å²) in [6.07, 6.45) is 7.26. The lowest BCUT2D eigenvalue weighted by Crippen LogP contribution is -3.00. The number of nitrogens with zero attached hydrogens (tertiary/aromatic N) is 2. The van der Waals surface area contributed by atoms with E-state index in [4.69, 9.17) is 4.98 Å². The summed E-state index contributed by atoms with van der Waals surface area (Å²) in [5.74, 6) is 0. The van der Waals surface area contributed by atoms with Crippen molar-refractivity contribution in [3.05, 3.63) is 59.4 Å². The molecule has 0 amide bonds. The highest BCUT2D eigenvalue weighted by Crippen LogP contribution is 2.27. The maximum atomic E-state index is 4.76. The van der Waals surface area contributed by atoms with E-state index in [2.05, 4.69) is 53.9 Å². The van der Waals surface area contributed by atoms with Crippen molar-refractivity contribution in [1.82, 2.24) is 9.38 Å². The van der Waals surface area contributed by atoms with Gasteiger partial charge in [-0.3, -0.25) is 0 Å². The molecule has 0 aliphatic heterocycles. The molecule has 0 atom stereocenters. The van der Waals surface area contributed by atoms with E-state index in [1.807, 2.05) is 0 Å². The van der Waals surface area contributed by atoms with Crippen molar-refractivity contribution < 1.29 is 24.0 Å². The molecule has 108 valence electrons. The molecule has 1 aliphatic rings. The molecule has 0 saturated heterocycles. The standard InChI is InChI=1S/C18H18N2.HI/c1-13-5-4-8-18-19-17(12-20(13)18)16-10-9-14-6-2-3-7-15(14)11-16;/h4-5,8-12H,2-3,6-7H2,1H3;1H/p-1. The van der Waals surface area contributed by atoms with Crippen molar-refractivity contribution in [3.63, 3.8) is 0 Å². The summed E-state index contributed by atoms with van der Waals surface area (Å²) in [5.41, 5.74) is 7.61. The lowest BCUT2D eigenvalue weighted by atomic mass is 9.90. The summed E-state index contributed by atoms with van der Waals surface area (Å²) < 4.78 is 2.16. The van der Waals surface area contributed by atoms with Crippen LogP contribution < -0.4 is 24.0 Å². The van der Waals surface area contributed by atoms with E-state index in [9.17, 15) is 0 Å². The van der Waals surface area contributed by atoms with Crippen LogP contribution in [0, 0.1) is 6.92 Å². The Balaban J connectivity index is 0.00000132. The van der Waals surface area contributed by atoms with Gasteiger partial charge in [-0.25, -0.2) is 4.98 Å². The molecule has 3 aromatic rings. The summed E-state index contributed by atoms with van der Waals surface area (Å²) in [4.78, 5) is 4.76. The number of pyridine rings is 1. The van der Waals surface area contributed by atoms with Gasteiger partial charge in [0.05, 0.1) is 5.69 Å². The monoisotopic (exact) mass is 389 g/mol. The van der Waals surface area contributed by atoms with E-state index in [0.29, 0.717) is 0 Å². The molecule has 0 saturated carbocycles. The molecule has 1 aromatic carbocycles. The van der Waals surface area contributed by atoms with E-state index in [1.165, 1.54) is 48.1 Å². The lowest BCUT2D eigenvalue weighted by Gasteiger charge is -2.15. The molecule has 0 N–H and O–H groups in total. The summed E-state index contributed by atoms with van der Waals surface area (Å²) in [7, 11) is 0. The molecule has 2 heterocycles. The molecule has 0 radical (unpaired) electrons. The van der Waals surface area contributed by atoms with Crippen LogP contribution in [0.4, 0.5) is 0 Å². The average Bonchev–Trinajstić information content (AvgIpc) is 2.92. The zero-order valence-electron chi connectivity index (χ0n) is 12.1. The van der Waals surface area contributed by atoms with Crippen LogP contribution in [0.2, 0.25) is 0 Å². The van der Waals surface area contributed by atoms with Crippen molar-refractivity contribution in [2.75, 3.05) is 0 Å². The minimum atomic E-state index is 0. The summed E-state index contributed by atoms with van der Waals surface area (Å²) in [6, 6.07) is 13.1. The van der Waals surface area contributed by atoms with Crippen LogP contribution in [0.5, 0.6) is 0 Å². The highest BCUT2D eigenvalue weighted by atomic mass is 127. The first-order valence-corrected chi connectivity index (χ1v) is 7.38. The van der Waals surface area contributed by atoms with Crippen LogP contribution in [-0.2, 0) is 12.8 Å². The van der Waals surface area contributed by atoms with Crippen molar-refractivity contribution in [1.29, 1.82) is 0 Å². The molecule has 0 unspecified atom stereocenters. The third-order valence-corrected chi connectivity index (χ3v) is 4.34. The van der Waals surface area contributed by atoms with Gasteiger partial charge >= 0.3 is 0 Å². The van der Waals surface area contributed by atoms with Gasteiger partial charge in [-0.2, -0.15) is 0 Å². The van der Waals surface area contributed by atoms with Gasteiger partial charge in [-0.05, 0) is 61.9 Å². The zero-order valence-corrected chi connectivity index (χ0v) is 14.3. The van der Waals surface area contributed by atoms with Crippen LogP contribution in [-0.4, -0.2) is 9.38 Å². The Bertz CT molecular complexity index is 789. The Morgan fingerprint density at radius 1 is 1.00 bits per heavy atom. The van der Waals surface area contributed by atoms with Crippen molar-refractivity contribution in [2.45, 2.75) is 32.6 Å². The maximum Gasteiger partial charge on any atom is 0.137 e. The third-order valence-electron chi connectivity index (χ3n) is 4.34. The second-order valence-corrected chi connectivity index (χ2v) is 5.71. The number of aromatic nitrogens is 2. The number of halogens is 1. The van der Waals surface area contributed by atoms with E-state index >= 15 is 0 Å². The van der Waals surface area contributed by atoms with Crippen LogP contribution in [0.3, 0.4) is 0 Å². The fourth-order valence-electron chi connectivity index (χ4n) is 3.18. The van der Waals surface area contributed by atoms with Gasteiger partial charge in [0.1, 0.15) is 5.65 Å². The molecule has 2 aromatic heterocycles. The largest absolute Gasteiger partial charge is 1.00 e. The first-order valence-electron chi connectivity index (χ1n) is 7.38. The average molecular weight is 389 g/mol. The first-order chi connectivity index (χ1) is 9.81. The van der Waals surface area contributed by atoms with E-state index in [1.54, 1.807) is 0 Å². The molecule has 4 rings (SSSR count). The first kappa shape index (κ1) is 14.6. The topological polar surface area (TPSA) is 17.3 Å². The Kier molecular flexibility index (Phi) is 4.02.